The molecule has 0 saturated carbocycles. The summed E-state index contributed by atoms with van der Waals surface area (Å²) < 4.78 is 2.05. The van der Waals surface area contributed by atoms with Crippen molar-refractivity contribution in [2.75, 3.05) is 13.1 Å². The van der Waals surface area contributed by atoms with Gasteiger partial charge in [0.1, 0.15) is 6.04 Å². The lowest BCUT2D eigenvalue weighted by Crippen LogP contribution is -2.43. The molecule has 22 heavy (non-hydrogen) atoms. The molecule has 116 valence electrons. The molecular formula is C19H24N2O. The molecule has 2 atom stereocenters. The lowest BCUT2D eigenvalue weighted by Gasteiger charge is -2.34. The Hall–Kier alpha value is -2.03. The van der Waals surface area contributed by atoms with Gasteiger partial charge in [0.15, 0.2) is 0 Å². The second-order valence-electron chi connectivity index (χ2n) is 6.37. The maximum absolute atomic E-state index is 13.1. The van der Waals surface area contributed by atoms with E-state index >= 15 is 0 Å². The van der Waals surface area contributed by atoms with E-state index in [1.54, 1.807) is 0 Å². The number of piperidine rings is 1. The quantitative estimate of drug-likeness (QED) is 0.847. The second-order valence-corrected chi connectivity index (χ2v) is 6.37. The monoisotopic (exact) mass is 296 g/mol. The number of benzene rings is 1. The lowest BCUT2D eigenvalue weighted by atomic mass is 9.98. The molecule has 3 rings (SSSR count). The summed E-state index contributed by atoms with van der Waals surface area (Å²) in [6, 6.07) is 14.1. The number of aromatic nitrogens is 1. The standard InChI is InChI=1S/C19H24N2O/c1-16-8-7-13-21(15-16)19(22)18(20-11-5-6-12-20)14-17-9-3-2-4-10-17/h2-6,9-12,16,18H,7-8,13-15H2,1H3/t16-,18-/m0/s1. The van der Waals surface area contributed by atoms with Crippen LogP contribution in [0.5, 0.6) is 0 Å². The minimum absolute atomic E-state index is 0.136. The molecule has 1 amide bonds. The molecule has 0 radical (unpaired) electrons. The van der Waals surface area contributed by atoms with Crippen LogP contribution in [0, 0.1) is 5.92 Å². The van der Waals surface area contributed by atoms with Crippen molar-refractivity contribution in [3.05, 3.63) is 60.4 Å². The normalized spacial score (nSPS) is 19.9. The van der Waals surface area contributed by atoms with Crippen LogP contribution in [0.15, 0.2) is 54.9 Å². The first-order valence-corrected chi connectivity index (χ1v) is 8.19. The highest BCUT2D eigenvalue weighted by Crippen LogP contribution is 2.22. The molecule has 0 N–H and O–H groups in total. The predicted octanol–water partition coefficient (Wildman–Crippen LogP) is 3.53. The van der Waals surface area contributed by atoms with E-state index < -0.39 is 0 Å². The van der Waals surface area contributed by atoms with Gasteiger partial charge in [-0.1, -0.05) is 37.3 Å². The molecule has 1 aliphatic heterocycles. The molecule has 1 saturated heterocycles. The third-order valence-corrected chi connectivity index (χ3v) is 4.51. The van der Waals surface area contributed by atoms with Crippen LogP contribution in [-0.4, -0.2) is 28.5 Å². The van der Waals surface area contributed by atoms with Gasteiger partial charge >= 0.3 is 0 Å². The van der Waals surface area contributed by atoms with Crippen LogP contribution in [0.1, 0.15) is 31.4 Å². The van der Waals surface area contributed by atoms with Crippen molar-refractivity contribution < 1.29 is 4.79 Å². The van der Waals surface area contributed by atoms with Gasteiger partial charge in [0.05, 0.1) is 0 Å². The van der Waals surface area contributed by atoms with Gasteiger partial charge < -0.3 is 9.47 Å². The third-order valence-electron chi connectivity index (χ3n) is 4.51. The van der Waals surface area contributed by atoms with Gasteiger partial charge in [0, 0.05) is 31.9 Å². The molecule has 0 unspecified atom stereocenters. The van der Waals surface area contributed by atoms with Crippen LogP contribution in [0.3, 0.4) is 0 Å². The summed E-state index contributed by atoms with van der Waals surface area (Å²) in [5.41, 5.74) is 1.21. The van der Waals surface area contributed by atoms with Crippen molar-refractivity contribution >= 4 is 5.91 Å². The van der Waals surface area contributed by atoms with Crippen LogP contribution in [-0.2, 0) is 11.2 Å². The van der Waals surface area contributed by atoms with Crippen molar-refractivity contribution in [2.24, 2.45) is 5.92 Å². The maximum Gasteiger partial charge on any atom is 0.245 e. The first kappa shape index (κ1) is 14.9. The number of nitrogens with zero attached hydrogens (tertiary/aromatic N) is 2. The Labute approximate surface area is 132 Å². The van der Waals surface area contributed by atoms with Gasteiger partial charge in [0.25, 0.3) is 0 Å². The Morgan fingerprint density at radius 3 is 2.59 bits per heavy atom. The molecule has 0 bridgehead atoms. The lowest BCUT2D eigenvalue weighted by molar-refractivity contribution is -0.136. The van der Waals surface area contributed by atoms with Crippen LogP contribution in [0.2, 0.25) is 0 Å². The zero-order valence-corrected chi connectivity index (χ0v) is 13.2. The van der Waals surface area contributed by atoms with Crippen LogP contribution in [0.4, 0.5) is 0 Å². The average Bonchev–Trinajstić information content (AvgIpc) is 3.07. The molecule has 0 spiro atoms. The summed E-state index contributed by atoms with van der Waals surface area (Å²) in [6.07, 6.45) is 7.10. The van der Waals surface area contributed by atoms with E-state index in [2.05, 4.69) is 28.5 Å². The molecule has 3 nitrogen and oxygen atoms in total. The first-order chi connectivity index (χ1) is 10.7. The highest BCUT2D eigenvalue weighted by atomic mass is 16.2. The molecule has 2 heterocycles. The number of carbonyl (C=O) groups excluding carboxylic acids is 1. The zero-order valence-electron chi connectivity index (χ0n) is 13.2. The van der Waals surface area contributed by atoms with Crippen molar-refractivity contribution in [1.29, 1.82) is 0 Å². The Kier molecular flexibility index (Phi) is 4.62. The van der Waals surface area contributed by atoms with E-state index in [4.69, 9.17) is 0 Å². The van der Waals surface area contributed by atoms with E-state index in [0.717, 1.165) is 25.9 Å². The fraction of sp³-hybridized carbons (Fsp3) is 0.421. The molecule has 3 heteroatoms. The molecule has 2 aromatic rings. The van der Waals surface area contributed by atoms with Crippen LogP contribution in [0.25, 0.3) is 0 Å². The largest absolute Gasteiger partial charge is 0.342 e. The molecule has 1 aromatic carbocycles. The zero-order chi connectivity index (χ0) is 15.4. The van der Waals surface area contributed by atoms with Crippen LogP contribution >= 0.6 is 0 Å². The SMILES string of the molecule is C[C@H]1CCCN(C(=O)[C@H](Cc2ccccc2)n2cccc2)C1. The van der Waals surface area contributed by atoms with Gasteiger partial charge in [-0.15, -0.1) is 0 Å². The maximum atomic E-state index is 13.1. The number of amides is 1. The number of carbonyl (C=O) groups is 1. The topological polar surface area (TPSA) is 25.2 Å². The molecular weight excluding hydrogens is 272 g/mol. The summed E-state index contributed by atoms with van der Waals surface area (Å²) in [5.74, 6) is 0.867. The van der Waals surface area contributed by atoms with E-state index in [9.17, 15) is 4.79 Å². The summed E-state index contributed by atoms with van der Waals surface area (Å²) in [6.45, 7) is 4.03. The number of likely N-dealkylation sites (tertiary alicyclic amines) is 1. The average molecular weight is 296 g/mol. The minimum atomic E-state index is -0.136. The van der Waals surface area contributed by atoms with E-state index in [1.165, 1.54) is 12.0 Å². The van der Waals surface area contributed by atoms with Crippen molar-refractivity contribution in [3.8, 4) is 0 Å². The van der Waals surface area contributed by atoms with Gasteiger partial charge in [-0.05, 0) is 36.5 Å². The first-order valence-electron chi connectivity index (χ1n) is 8.19. The van der Waals surface area contributed by atoms with Crippen molar-refractivity contribution in [2.45, 2.75) is 32.2 Å². The number of hydrogen-bond acceptors (Lipinski definition) is 1. The van der Waals surface area contributed by atoms with Crippen molar-refractivity contribution in [3.63, 3.8) is 0 Å². The number of hydrogen-bond donors (Lipinski definition) is 0. The van der Waals surface area contributed by atoms with Gasteiger partial charge in [-0.25, -0.2) is 0 Å². The highest BCUT2D eigenvalue weighted by molar-refractivity contribution is 5.81. The second kappa shape index (κ2) is 6.82. The van der Waals surface area contributed by atoms with Gasteiger partial charge in [-0.3, -0.25) is 4.79 Å². The van der Waals surface area contributed by atoms with Gasteiger partial charge in [-0.2, -0.15) is 0 Å². The van der Waals surface area contributed by atoms with Gasteiger partial charge in [0.2, 0.25) is 5.91 Å². The fourth-order valence-corrected chi connectivity index (χ4v) is 3.31. The predicted molar refractivity (Wildman–Crippen MR) is 88.6 cm³/mol. The Morgan fingerprint density at radius 1 is 1.18 bits per heavy atom. The Balaban J connectivity index is 1.80. The summed E-state index contributed by atoms with van der Waals surface area (Å²) >= 11 is 0. The summed E-state index contributed by atoms with van der Waals surface area (Å²) in [5, 5.41) is 0. The fourth-order valence-electron chi connectivity index (χ4n) is 3.31. The minimum Gasteiger partial charge on any atom is -0.342 e. The summed E-state index contributed by atoms with van der Waals surface area (Å²) in [7, 11) is 0. The number of rotatable bonds is 4. The van der Waals surface area contributed by atoms with E-state index in [1.807, 2.05) is 42.7 Å². The molecule has 1 fully saturated rings. The molecule has 1 aliphatic rings. The molecule has 0 aliphatic carbocycles. The third kappa shape index (κ3) is 3.41. The molecule has 1 aromatic heterocycles. The van der Waals surface area contributed by atoms with E-state index in [-0.39, 0.29) is 11.9 Å². The van der Waals surface area contributed by atoms with Crippen molar-refractivity contribution in [1.82, 2.24) is 9.47 Å². The Morgan fingerprint density at radius 2 is 1.91 bits per heavy atom. The summed E-state index contributed by atoms with van der Waals surface area (Å²) in [4.78, 5) is 15.1. The van der Waals surface area contributed by atoms with E-state index in [0.29, 0.717) is 5.92 Å². The highest BCUT2D eigenvalue weighted by Gasteiger charge is 2.28. The smallest absolute Gasteiger partial charge is 0.245 e. The Bertz CT molecular complexity index is 591. The van der Waals surface area contributed by atoms with Crippen LogP contribution < -0.4 is 0 Å².